The number of carbonyl (C=O) groups excluding carboxylic acids is 1. The average molecular weight is 428 g/mol. The van der Waals surface area contributed by atoms with E-state index in [4.69, 9.17) is 0 Å². The van der Waals surface area contributed by atoms with Crippen molar-refractivity contribution in [3.63, 3.8) is 0 Å². The lowest BCUT2D eigenvalue weighted by Gasteiger charge is -2.09. The molecule has 0 atom stereocenters. The average Bonchev–Trinajstić information content (AvgIpc) is 3.47. The maximum atomic E-state index is 13.3. The molecule has 0 saturated carbocycles. The molecule has 5 rings (SSSR count). The molecule has 1 aromatic carbocycles. The van der Waals surface area contributed by atoms with E-state index in [1.54, 1.807) is 41.5 Å². The molecule has 0 aliphatic heterocycles. The van der Waals surface area contributed by atoms with Crippen LogP contribution in [0.15, 0.2) is 79.4 Å². The summed E-state index contributed by atoms with van der Waals surface area (Å²) < 4.78 is 21.6. The first-order valence-electron chi connectivity index (χ1n) is 9.71. The molecule has 9 heteroatoms. The van der Waals surface area contributed by atoms with Crippen LogP contribution in [0.25, 0.3) is 33.8 Å². The van der Waals surface area contributed by atoms with Gasteiger partial charge in [-0.25, -0.2) is 23.8 Å². The van der Waals surface area contributed by atoms with Crippen LogP contribution in [-0.4, -0.2) is 37.4 Å². The number of benzene rings is 1. The van der Waals surface area contributed by atoms with E-state index >= 15 is 0 Å². The van der Waals surface area contributed by atoms with Gasteiger partial charge in [0.25, 0.3) is 0 Å². The van der Waals surface area contributed by atoms with Crippen molar-refractivity contribution in [1.29, 1.82) is 0 Å². The summed E-state index contributed by atoms with van der Waals surface area (Å²) in [4.78, 5) is 20.1. The zero-order valence-electron chi connectivity index (χ0n) is 16.9. The molecule has 0 fully saturated rings. The minimum Gasteiger partial charge on any atom is -0.453 e. The van der Waals surface area contributed by atoms with Crippen molar-refractivity contribution >= 4 is 17.6 Å². The quantitative estimate of drug-likeness (QED) is 0.453. The maximum Gasteiger partial charge on any atom is 0.412 e. The van der Waals surface area contributed by atoms with Crippen LogP contribution < -0.4 is 5.32 Å². The van der Waals surface area contributed by atoms with Gasteiger partial charge in [-0.3, -0.25) is 9.72 Å². The Labute approximate surface area is 181 Å². The summed E-state index contributed by atoms with van der Waals surface area (Å²) in [6, 6.07) is 15.5. The van der Waals surface area contributed by atoms with Gasteiger partial charge < -0.3 is 4.74 Å². The molecular formula is C23H17FN6O2. The predicted molar refractivity (Wildman–Crippen MR) is 117 cm³/mol. The summed E-state index contributed by atoms with van der Waals surface area (Å²) in [7, 11) is 1.29. The van der Waals surface area contributed by atoms with Gasteiger partial charge in [0.2, 0.25) is 0 Å². The highest BCUT2D eigenvalue weighted by atomic mass is 19.1. The first-order chi connectivity index (χ1) is 15.6. The monoisotopic (exact) mass is 428 g/mol. The number of methoxy groups -OCH3 is 1. The van der Waals surface area contributed by atoms with Gasteiger partial charge in [-0.1, -0.05) is 0 Å². The molecule has 0 saturated heterocycles. The summed E-state index contributed by atoms with van der Waals surface area (Å²) in [6.45, 7) is 0. The number of imidazole rings is 1. The number of anilines is 1. The molecule has 8 nitrogen and oxygen atoms in total. The predicted octanol–water partition coefficient (Wildman–Crippen LogP) is 4.57. The smallest absolute Gasteiger partial charge is 0.412 e. The van der Waals surface area contributed by atoms with Crippen molar-refractivity contribution in [2.24, 2.45) is 0 Å². The highest BCUT2D eigenvalue weighted by molar-refractivity contribution is 5.83. The van der Waals surface area contributed by atoms with E-state index in [1.807, 2.05) is 34.9 Å². The molecule has 0 aliphatic rings. The maximum absolute atomic E-state index is 13.3. The first kappa shape index (κ1) is 19.4. The zero-order valence-corrected chi connectivity index (χ0v) is 16.9. The summed E-state index contributed by atoms with van der Waals surface area (Å²) in [5.74, 6) is 0.0895. The molecule has 4 heterocycles. The van der Waals surface area contributed by atoms with E-state index in [-0.39, 0.29) is 5.82 Å². The lowest BCUT2D eigenvalue weighted by Crippen LogP contribution is -2.11. The van der Waals surface area contributed by atoms with Crippen molar-refractivity contribution in [1.82, 2.24) is 24.1 Å². The first-order valence-corrected chi connectivity index (χ1v) is 9.71. The molecule has 1 amide bonds. The highest BCUT2D eigenvalue weighted by Gasteiger charge is 2.12. The number of aromatic nitrogens is 5. The Bertz CT molecular complexity index is 1410. The number of ether oxygens (including phenoxy) is 1. The van der Waals surface area contributed by atoms with Gasteiger partial charge in [-0.05, 0) is 54.6 Å². The van der Waals surface area contributed by atoms with Gasteiger partial charge in [-0.2, -0.15) is 5.10 Å². The van der Waals surface area contributed by atoms with Gasteiger partial charge in [0.1, 0.15) is 17.3 Å². The van der Waals surface area contributed by atoms with E-state index in [2.05, 4.69) is 25.1 Å². The standard InChI is InChI=1S/C23H17FN6O2/c1-32-23(31)28-21-8-2-15(12-25-21)20-13-26-22-9-3-16(14-29(20)22)19-10-11-27-30(19)18-6-4-17(24)5-7-18/h2-14H,1H3,(H,25,28,31). The summed E-state index contributed by atoms with van der Waals surface area (Å²) in [6.07, 6.45) is 6.51. The Morgan fingerprint density at radius 2 is 1.75 bits per heavy atom. The molecular weight excluding hydrogens is 411 g/mol. The second-order valence-corrected chi connectivity index (χ2v) is 6.94. The third-order valence-electron chi connectivity index (χ3n) is 4.99. The number of rotatable bonds is 4. The van der Waals surface area contributed by atoms with Crippen molar-refractivity contribution in [2.75, 3.05) is 12.4 Å². The number of amides is 1. The van der Waals surface area contributed by atoms with Gasteiger partial charge in [-0.15, -0.1) is 0 Å². The van der Waals surface area contributed by atoms with Crippen LogP contribution in [0.5, 0.6) is 0 Å². The number of hydrogen-bond acceptors (Lipinski definition) is 5. The number of halogens is 1. The van der Waals surface area contributed by atoms with Crippen LogP contribution in [0.2, 0.25) is 0 Å². The fraction of sp³-hybridized carbons (Fsp3) is 0.0435. The Morgan fingerprint density at radius 3 is 2.50 bits per heavy atom. The van der Waals surface area contributed by atoms with Crippen LogP contribution in [0.1, 0.15) is 0 Å². The van der Waals surface area contributed by atoms with E-state index < -0.39 is 6.09 Å². The Morgan fingerprint density at radius 1 is 0.938 bits per heavy atom. The summed E-state index contributed by atoms with van der Waals surface area (Å²) in [5.41, 5.74) is 4.97. The van der Waals surface area contributed by atoms with Crippen molar-refractivity contribution in [2.45, 2.75) is 0 Å². The van der Waals surface area contributed by atoms with Gasteiger partial charge in [0, 0.05) is 23.5 Å². The molecule has 0 bridgehead atoms. The largest absolute Gasteiger partial charge is 0.453 e. The number of hydrogen-bond donors (Lipinski definition) is 1. The van der Waals surface area contributed by atoms with Crippen LogP contribution in [0.4, 0.5) is 15.0 Å². The van der Waals surface area contributed by atoms with E-state index in [0.717, 1.165) is 33.8 Å². The third-order valence-corrected chi connectivity index (χ3v) is 4.99. The SMILES string of the molecule is COC(=O)Nc1ccc(-c2cnc3ccc(-c4ccnn4-c4ccc(F)cc4)cn23)cn1. The number of nitrogens with zero attached hydrogens (tertiary/aromatic N) is 5. The molecule has 0 radical (unpaired) electrons. The molecule has 5 aromatic rings. The van der Waals surface area contributed by atoms with Crippen LogP contribution in [-0.2, 0) is 4.74 Å². The van der Waals surface area contributed by atoms with Crippen LogP contribution in [0, 0.1) is 5.82 Å². The molecule has 4 aromatic heterocycles. The molecule has 158 valence electrons. The summed E-state index contributed by atoms with van der Waals surface area (Å²) in [5, 5.41) is 6.92. The van der Waals surface area contributed by atoms with Crippen molar-refractivity contribution in [3.8, 4) is 28.2 Å². The fourth-order valence-electron chi connectivity index (χ4n) is 3.43. The fourth-order valence-corrected chi connectivity index (χ4v) is 3.43. The third kappa shape index (κ3) is 3.56. The molecule has 0 aliphatic carbocycles. The molecule has 0 spiro atoms. The van der Waals surface area contributed by atoms with Crippen molar-refractivity contribution in [3.05, 3.63) is 85.2 Å². The lowest BCUT2D eigenvalue weighted by molar-refractivity contribution is 0.187. The molecule has 0 unspecified atom stereocenters. The Hall–Kier alpha value is -4.53. The molecule has 32 heavy (non-hydrogen) atoms. The van der Waals surface area contributed by atoms with Gasteiger partial charge in [0.05, 0.1) is 36.6 Å². The topological polar surface area (TPSA) is 86.3 Å². The number of nitrogens with one attached hydrogen (secondary N) is 1. The number of pyridine rings is 2. The minimum absolute atomic E-state index is 0.298. The Balaban J connectivity index is 1.52. The number of carbonyl (C=O) groups is 1. The van der Waals surface area contributed by atoms with Crippen LogP contribution in [0.3, 0.4) is 0 Å². The minimum atomic E-state index is -0.581. The van der Waals surface area contributed by atoms with Crippen molar-refractivity contribution < 1.29 is 13.9 Å². The second kappa shape index (κ2) is 7.95. The summed E-state index contributed by atoms with van der Waals surface area (Å²) >= 11 is 0. The number of fused-ring (bicyclic) bond motifs is 1. The lowest BCUT2D eigenvalue weighted by atomic mass is 10.2. The highest BCUT2D eigenvalue weighted by Crippen LogP contribution is 2.27. The van der Waals surface area contributed by atoms with Gasteiger partial charge in [0.15, 0.2) is 0 Å². The van der Waals surface area contributed by atoms with Crippen LogP contribution >= 0.6 is 0 Å². The van der Waals surface area contributed by atoms with E-state index in [0.29, 0.717) is 5.82 Å². The normalized spacial score (nSPS) is 10.9. The van der Waals surface area contributed by atoms with E-state index in [1.165, 1.54) is 19.2 Å². The van der Waals surface area contributed by atoms with E-state index in [9.17, 15) is 9.18 Å². The second-order valence-electron chi connectivity index (χ2n) is 6.94. The zero-order chi connectivity index (χ0) is 22.1. The molecule has 1 N–H and O–H groups in total. The van der Waals surface area contributed by atoms with Gasteiger partial charge >= 0.3 is 6.09 Å². The Kier molecular flexibility index (Phi) is 4.83.